The van der Waals surface area contributed by atoms with Crippen molar-refractivity contribution >= 4 is 5.91 Å². The Morgan fingerprint density at radius 3 is 2.58 bits per heavy atom. The average molecular weight is 364 g/mol. The summed E-state index contributed by atoms with van der Waals surface area (Å²) in [6.07, 6.45) is 0.921. The lowest BCUT2D eigenvalue weighted by atomic mass is 10.0. The van der Waals surface area contributed by atoms with Crippen LogP contribution in [0.2, 0.25) is 0 Å². The third kappa shape index (κ3) is 5.61. The third-order valence-corrected chi connectivity index (χ3v) is 4.52. The summed E-state index contributed by atoms with van der Waals surface area (Å²) in [5, 5.41) is 3.05. The number of hydrogen-bond donors (Lipinski definition) is 1. The van der Waals surface area contributed by atoms with Crippen molar-refractivity contribution in [3.8, 4) is 11.5 Å². The summed E-state index contributed by atoms with van der Waals surface area (Å²) in [5.74, 6) is 1.19. The number of carbonyl (C=O) groups is 1. The maximum Gasteiger partial charge on any atom is 0.251 e. The van der Waals surface area contributed by atoms with Crippen molar-refractivity contribution in [3.63, 3.8) is 0 Å². The Morgan fingerprint density at radius 1 is 1.19 bits per heavy atom. The molecule has 26 heavy (non-hydrogen) atoms. The van der Waals surface area contributed by atoms with Gasteiger partial charge in [-0.05, 0) is 45.4 Å². The van der Waals surface area contributed by atoms with Crippen LogP contribution >= 0.6 is 0 Å². The van der Waals surface area contributed by atoms with E-state index in [1.807, 2.05) is 13.0 Å². The molecule has 1 aliphatic heterocycles. The predicted octanol–water partition coefficient (Wildman–Crippen LogP) is 2.71. The molecule has 1 heterocycles. The first-order valence-electron chi connectivity index (χ1n) is 9.48. The summed E-state index contributed by atoms with van der Waals surface area (Å²) in [7, 11) is 0. The second kappa shape index (κ2) is 9.78. The van der Waals surface area contributed by atoms with Crippen molar-refractivity contribution in [2.75, 3.05) is 46.1 Å². The molecule has 0 aromatic heterocycles. The van der Waals surface area contributed by atoms with Crippen molar-refractivity contribution in [1.29, 1.82) is 0 Å². The molecule has 0 bridgehead atoms. The van der Waals surface area contributed by atoms with Crippen LogP contribution in [0.25, 0.3) is 0 Å². The van der Waals surface area contributed by atoms with Crippen molar-refractivity contribution in [1.82, 2.24) is 10.2 Å². The fraction of sp³-hybridized carbons (Fsp3) is 0.650. The maximum atomic E-state index is 12.6. The van der Waals surface area contributed by atoms with E-state index in [4.69, 9.17) is 14.2 Å². The molecule has 1 aromatic rings. The Balaban J connectivity index is 2.00. The number of nitrogens with zero attached hydrogens (tertiary/aromatic N) is 1. The van der Waals surface area contributed by atoms with Crippen LogP contribution in [0.15, 0.2) is 18.2 Å². The molecule has 146 valence electrons. The van der Waals surface area contributed by atoms with E-state index in [-0.39, 0.29) is 11.4 Å². The zero-order valence-electron chi connectivity index (χ0n) is 16.5. The molecule has 1 aliphatic rings. The molecular formula is C20H32N2O4. The summed E-state index contributed by atoms with van der Waals surface area (Å²) >= 11 is 0. The number of amides is 1. The molecule has 6 nitrogen and oxygen atoms in total. The fourth-order valence-corrected chi connectivity index (χ4v) is 2.93. The van der Waals surface area contributed by atoms with Crippen LogP contribution in [0.1, 0.15) is 44.5 Å². The summed E-state index contributed by atoms with van der Waals surface area (Å²) < 4.78 is 16.7. The minimum atomic E-state index is -0.119. The van der Waals surface area contributed by atoms with Crippen LogP contribution in [-0.2, 0) is 4.74 Å². The van der Waals surface area contributed by atoms with Crippen LogP contribution in [-0.4, -0.2) is 62.4 Å². The van der Waals surface area contributed by atoms with Crippen LogP contribution < -0.4 is 14.8 Å². The second-order valence-electron chi connectivity index (χ2n) is 7.04. The molecule has 1 N–H and O–H groups in total. The van der Waals surface area contributed by atoms with E-state index in [1.165, 1.54) is 0 Å². The maximum absolute atomic E-state index is 12.6. The molecule has 0 unspecified atom stereocenters. The van der Waals surface area contributed by atoms with Crippen molar-refractivity contribution < 1.29 is 19.0 Å². The zero-order valence-corrected chi connectivity index (χ0v) is 16.5. The van der Waals surface area contributed by atoms with Gasteiger partial charge in [-0.3, -0.25) is 9.69 Å². The van der Waals surface area contributed by atoms with E-state index in [0.29, 0.717) is 36.8 Å². The Bertz CT molecular complexity index is 583. The lowest BCUT2D eigenvalue weighted by Crippen LogP contribution is -2.55. The number of carbonyl (C=O) groups excluding carboxylic acids is 1. The molecule has 0 aliphatic carbocycles. The van der Waals surface area contributed by atoms with Gasteiger partial charge in [0.15, 0.2) is 11.5 Å². The van der Waals surface area contributed by atoms with Crippen LogP contribution in [0, 0.1) is 0 Å². The Labute approximate surface area is 156 Å². The first-order valence-corrected chi connectivity index (χ1v) is 9.48. The first-order chi connectivity index (χ1) is 12.5. The molecule has 0 atom stereocenters. The standard InChI is InChI=1S/C20H32N2O4/c1-5-11-26-17-8-7-16(14-18(17)25-6-2)19(23)21-15-20(3,4)22-9-12-24-13-10-22/h7-8,14H,5-6,9-13,15H2,1-4H3,(H,21,23). The fourth-order valence-electron chi connectivity index (χ4n) is 2.93. The van der Waals surface area contributed by atoms with Gasteiger partial charge in [0.05, 0.1) is 26.4 Å². The van der Waals surface area contributed by atoms with Crippen molar-refractivity contribution in [2.24, 2.45) is 0 Å². The van der Waals surface area contributed by atoms with Gasteiger partial charge in [-0.15, -0.1) is 0 Å². The molecule has 0 radical (unpaired) electrons. The minimum Gasteiger partial charge on any atom is -0.490 e. The van der Waals surface area contributed by atoms with Gasteiger partial charge in [-0.25, -0.2) is 0 Å². The van der Waals surface area contributed by atoms with Crippen LogP contribution in [0.5, 0.6) is 11.5 Å². The van der Waals surface area contributed by atoms with Crippen molar-refractivity contribution in [2.45, 2.75) is 39.7 Å². The van der Waals surface area contributed by atoms with Gasteiger partial charge in [-0.2, -0.15) is 0 Å². The lowest BCUT2D eigenvalue weighted by molar-refractivity contribution is -0.00923. The molecular weight excluding hydrogens is 332 g/mol. The van der Waals surface area contributed by atoms with Gasteiger partial charge in [0.25, 0.3) is 5.91 Å². The Kier molecular flexibility index (Phi) is 7.72. The molecule has 0 saturated carbocycles. The SMILES string of the molecule is CCCOc1ccc(C(=O)NCC(C)(C)N2CCOCC2)cc1OCC. The highest BCUT2D eigenvalue weighted by Crippen LogP contribution is 2.28. The van der Waals surface area contributed by atoms with E-state index in [9.17, 15) is 4.79 Å². The van der Waals surface area contributed by atoms with Gasteiger partial charge in [0.2, 0.25) is 0 Å². The molecule has 1 amide bonds. The second-order valence-corrected chi connectivity index (χ2v) is 7.04. The number of hydrogen-bond acceptors (Lipinski definition) is 5. The number of nitrogens with one attached hydrogen (secondary N) is 1. The molecule has 2 rings (SSSR count). The lowest BCUT2D eigenvalue weighted by Gasteiger charge is -2.40. The summed E-state index contributed by atoms with van der Waals surface area (Å²) in [5.41, 5.74) is 0.460. The monoisotopic (exact) mass is 364 g/mol. The summed E-state index contributed by atoms with van der Waals surface area (Å²) in [6.45, 7) is 13.3. The van der Waals surface area contributed by atoms with Gasteiger partial charge in [0.1, 0.15) is 0 Å². The van der Waals surface area contributed by atoms with E-state index >= 15 is 0 Å². The topological polar surface area (TPSA) is 60.0 Å². The third-order valence-electron chi connectivity index (χ3n) is 4.52. The Morgan fingerprint density at radius 2 is 1.92 bits per heavy atom. The van der Waals surface area contributed by atoms with E-state index in [0.717, 1.165) is 32.7 Å². The van der Waals surface area contributed by atoms with Crippen LogP contribution in [0.3, 0.4) is 0 Å². The molecule has 0 spiro atoms. The summed E-state index contributed by atoms with van der Waals surface area (Å²) in [4.78, 5) is 15.0. The predicted molar refractivity (Wildman–Crippen MR) is 102 cm³/mol. The zero-order chi connectivity index (χ0) is 19.0. The quantitative estimate of drug-likeness (QED) is 0.730. The normalized spacial score (nSPS) is 15.5. The van der Waals surface area contributed by atoms with Gasteiger partial charge in [0, 0.05) is 30.7 Å². The number of benzene rings is 1. The Hall–Kier alpha value is -1.79. The van der Waals surface area contributed by atoms with E-state index in [2.05, 4.69) is 31.0 Å². The van der Waals surface area contributed by atoms with Gasteiger partial charge < -0.3 is 19.5 Å². The van der Waals surface area contributed by atoms with E-state index in [1.54, 1.807) is 12.1 Å². The number of rotatable bonds is 9. The highest BCUT2D eigenvalue weighted by molar-refractivity contribution is 5.94. The van der Waals surface area contributed by atoms with Crippen LogP contribution in [0.4, 0.5) is 0 Å². The van der Waals surface area contributed by atoms with Crippen molar-refractivity contribution in [3.05, 3.63) is 23.8 Å². The molecule has 1 fully saturated rings. The highest BCUT2D eigenvalue weighted by atomic mass is 16.5. The smallest absolute Gasteiger partial charge is 0.251 e. The highest BCUT2D eigenvalue weighted by Gasteiger charge is 2.28. The minimum absolute atomic E-state index is 0.102. The largest absolute Gasteiger partial charge is 0.490 e. The van der Waals surface area contributed by atoms with Gasteiger partial charge in [-0.1, -0.05) is 6.92 Å². The molecule has 1 saturated heterocycles. The van der Waals surface area contributed by atoms with Gasteiger partial charge >= 0.3 is 0 Å². The first kappa shape index (κ1) is 20.5. The molecule has 1 aromatic carbocycles. The number of morpholine rings is 1. The number of ether oxygens (including phenoxy) is 3. The molecule has 6 heteroatoms. The van der Waals surface area contributed by atoms with E-state index < -0.39 is 0 Å². The summed E-state index contributed by atoms with van der Waals surface area (Å²) in [6, 6.07) is 5.35. The average Bonchev–Trinajstić information content (AvgIpc) is 2.66.